The fourth-order valence-corrected chi connectivity index (χ4v) is 1.36. The van der Waals surface area contributed by atoms with Crippen LogP contribution in [0.15, 0.2) is 24.5 Å². The number of aromatic nitrogens is 1. The van der Waals surface area contributed by atoms with E-state index in [-0.39, 0.29) is 5.91 Å². The summed E-state index contributed by atoms with van der Waals surface area (Å²) in [4.78, 5) is 11.6. The molecule has 1 N–H and O–H groups in total. The lowest BCUT2D eigenvalue weighted by atomic mass is 10.2. The summed E-state index contributed by atoms with van der Waals surface area (Å²) in [5.41, 5.74) is 0.491. The highest BCUT2D eigenvalue weighted by molar-refractivity contribution is 5.93. The number of hydrogen-bond donors (Lipinski definition) is 1. The second-order valence-electron chi connectivity index (χ2n) is 4.52. The third kappa shape index (κ3) is 5.63. The van der Waals surface area contributed by atoms with Gasteiger partial charge in [0.05, 0.1) is 5.56 Å². The van der Waals surface area contributed by atoms with Crippen molar-refractivity contribution in [1.82, 2.24) is 5.32 Å². The summed E-state index contributed by atoms with van der Waals surface area (Å²) in [6, 6.07) is 3.00. The maximum absolute atomic E-state index is 11.6. The van der Waals surface area contributed by atoms with E-state index in [0.29, 0.717) is 29.4 Å². The third-order valence-electron chi connectivity index (χ3n) is 2.27. The van der Waals surface area contributed by atoms with Gasteiger partial charge in [0.2, 0.25) is 0 Å². The van der Waals surface area contributed by atoms with Crippen LogP contribution >= 0.6 is 0 Å². The van der Waals surface area contributed by atoms with E-state index in [4.69, 9.17) is 4.74 Å². The summed E-state index contributed by atoms with van der Waals surface area (Å²) in [6.45, 7) is 6.16. The normalized spacial score (nSPS) is 10.6. The van der Waals surface area contributed by atoms with Gasteiger partial charge in [0.15, 0.2) is 12.4 Å². The zero-order valence-corrected chi connectivity index (χ0v) is 10.9. The van der Waals surface area contributed by atoms with Crippen LogP contribution in [0.1, 0.15) is 30.6 Å². The van der Waals surface area contributed by atoms with E-state index in [9.17, 15) is 10.0 Å². The number of ether oxygens (including phenoxy) is 1. The van der Waals surface area contributed by atoms with Crippen LogP contribution < -0.4 is 10.0 Å². The average Bonchev–Trinajstić information content (AvgIpc) is 2.34. The van der Waals surface area contributed by atoms with Gasteiger partial charge in [-0.3, -0.25) is 4.79 Å². The summed E-state index contributed by atoms with van der Waals surface area (Å²) in [5.74, 6) is 0.363. The molecule has 0 saturated carbocycles. The second-order valence-corrected chi connectivity index (χ2v) is 4.52. The van der Waals surface area contributed by atoms with Crippen LogP contribution in [0.2, 0.25) is 0 Å². The lowest BCUT2D eigenvalue weighted by Crippen LogP contribution is -2.28. The van der Waals surface area contributed by atoms with Crippen molar-refractivity contribution in [3.05, 3.63) is 35.3 Å². The summed E-state index contributed by atoms with van der Waals surface area (Å²) >= 11 is 0. The van der Waals surface area contributed by atoms with Gasteiger partial charge < -0.3 is 15.3 Å². The minimum Gasteiger partial charge on any atom is -0.619 e. The van der Waals surface area contributed by atoms with Crippen LogP contribution in [-0.2, 0) is 4.74 Å². The van der Waals surface area contributed by atoms with Gasteiger partial charge in [-0.2, -0.15) is 4.73 Å². The van der Waals surface area contributed by atoms with E-state index in [1.807, 2.05) is 0 Å². The van der Waals surface area contributed by atoms with E-state index >= 15 is 0 Å². The zero-order chi connectivity index (χ0) is 13.4. The highest BCUT2D eigenvalue weighted by Gasteiger charge is 2.05. The molecule has 1 aromatic rings. The number of nitrogens with one attached hydrogen (secondary N) is 1. The van der Waals surface area contributed by atoms with Crippen molar-refractivity contribution in [2.45, 2.75) is 20.3 Å². The largest absolute Gasteiger partial charge is 0.619 e. The summed E-state index contributed by atoms with van der Waals surface area (Å²) < 4.78 is 6.05. The standard InChI is InChI=1S/C13H20N2O3/c1-11(2)10-18-9-3-6-14-13(16)12-4-7-15(17)8-5-12/h4-5,7-8,11H,3,6,9-10H2,1-2H3,(H,14,16). The van der Waals surface area contributed by atoms with Crippen molar-refractivity contribution >= 4 is 5.91 Å². The molecule has 1 heterocycles. The summed E-state index contributed by atoms with van der Waals surface area (Å²) in [5, 5.41) is 13.6. The molecule has 0 saturated heterocycles. The van der Waals surface area contributed by atoms with E-state index in [1.165, 1.54) is 24.5 Å². The zero-order valence-electron chi connectivity index (χ0n) is 10.9. The Bertz CT molecular complexity index is 363. The predicted octanol–water partition coefficient (Wildman–Crippen LogP) is 1.11. The van der Waals surface area contributed by atoms with Gasteiger partial charge in [-0.05, 0) is 12.3 Å². The van der Waals surface area contributed by atoms with Crippen molar-refractivity contribution in [3.63, 3.8) is 0 Å². The molecule has 18 heavy (non-hydrogen) atoms. The van der Waals surface area contributed by atoms with Crippen LogP contribution in [0.25, 0.3) is 0 Å². The quantitative estimate of drug-likeness (QED) is 0.449. The maximum atomic E-state index is 11.6. The Morgan fingerprint density at radius 2 is 2.11 bits per heavy atom. The molecule has 0 aliphatic rings. The van der Waals surface area contributed by atoms with Crippen molar-refractivity contribution < 1.29 is 14.3 Å². The summed E-state index contributed by atoms with van der Waals surface area (Å²) in [7, 11) is 0. The monoisotopic (exact) mass is 252 g/mol. The third-order valence-corrected chi connectivity index (χ3v) is 2.27. The first kappa shape index (κ1) is 14.4. The van der Waals surface area contributed by atoms with E-state index < -0.39 is 0 Å². The molecule has 0 aromatic carbocycles. The molecule has 100 valence electrons. The molecular formula is C13H20N2O3. The number of nitrogens with zero attached hydrogens (tertiary/aromatic N) is 1. The van der Waals surface area contributed by atoms with Crippen molar-refractivity contribution in [1.29, 1.82) is 0 Å². The molecule has 1 amide bonds. The van der Waals surface area contributed by atoms with Gasteiger partial charge in [-0.1, -0.05) is 13.8 Å². The molecule has 0 unspecified atom stereocenters. The van der Waals surface area contributed by atoms with Gasteiger partial charge in [0.1, 0.15) is 0 Å². The minimum atomic E-state index is -0.167. The fourth-order valence-electron chi connectivity index (χ4n) is 1.36. The molecule has 1 aromatic heterocycles. The van der Waals surface area contributed by atoms with Crippen molar-refractivity contribution in [2.24, 2.45) is 5.92 Å². The molecule has 0 aliphatic carbocycles. The fraction of sp³-hybridized carbons (Fsp3) is 0.538. The molecular weight excluding hydrogens is 232 g/mol. The maximum Gasteiger partial charge on any atom is 0.251 e. The molecule has 5 heteroatoms. The molecule has 0 radical (unpaired) electrons. The number of amides is 1. The van der Waals surface area contributed by atoms with Crippen molar-refractivity contribution in [2.75, 3.05) is 19.8 Å². The highest BCUT2D eigenvalue weighted by atomic mass is 16.5. The molecule has 0 aliphatic heterocycles. The Hall–Kier alpha value is -1.62. The van der Waals surface area contributed by atoms with Gasteiger partial charge in [0, 0.05) is 31.9 Å². The second kappa shape index (κ2) is 7.66. The molecule has 0 atom stereocenters. The Kier molecular flexibility index (Phi) is 6.14. The Morgan fingerprint density at radius 1 is 1.44 bits per heavy atom. The molecule has 0 fully saturated rings. The SMILES string of the molecule is CC(C)COCCCNC(=O)c1cc[n+]([O-])cc1. The summed E-state index contributed by atoms with van der Waals surface area (Å²) in [6.07, 6.45) is 3.40. The van der Waals surface area contributed by atoms with Crippen molar-refractivity contribution in [3.8, 4) is 0 Å². The van der Waals surface area contributed by atoms with Gasteiger partial charge in [-0.25, -0.2) is 0 Å². The van der Waals surface area contributed by atoms with Gasteiger partial charge >= 0.3 is 0 Å². The smallest absolute Gasteiger partial charge is 0.251 e. The number of rotatable bonds is 7. The number of carbonyl (C=O) groups is 1. The van der Waals surface area contributed by atoms with Crippen LogP contribution in [0.4, 0.5) is 0 Å². The number of hydrogen-bond acceptors (Lipinski definition) is 3. The van der Waals surface area contributed by atoms with Gasteiger partial charge in [-0.15, -0.1) is 0 Å². The van der Waals surface area contributed by atoms with Gasteiger partial charge in [0.25, 0.3) is 5.91 Å². The molecule has 0 bridgehead atoms. The van der Waals surface area contributed by atoms with Crippen LogP contribution in [0.3, 0.4) is 0 Å². The lowest BCUT2D eigenvalue weighted by molar-refractivity contribution is -0.605. The van der Waals surface area contributed by atoms with Crippen LogP contribution in [0.5, 0.6) is 0 Å². The highest BCUT2D eigenvalue weighted by Crippen LogP contribution is 1.95. The first-order chi connectivity index (χ1) is 8.59. The van der Waals surface area contributed by atoms with Crippen LogP contribution in [0, 0.1) is 11.1 Å². The first-order valence-corrected chi connectivity index (χ1v) is 6.14. The molecule has 0 spiro atoms. The van der Waals surface area contributed by atoms with E-state index in [2.05, 4.69) is 19.2 Å². The van der Waals surface area contributed by atoms with E-state index in [0.717, 1.165) is 13.0 Å². The minimum absolute atomic E-state index is 0.167. The Morgan fingerprint density at radius 3 is 2.72 bits per heavy atom. The predicted molar refractivity (Wildman–Crippen MR) is 68.0 cm³/mol. The average molecular weight is 252 g/mol. The Labute approximate surface area is 107 Å². The van der Waals surface area contributed by atoms with E-state index in [1.54, 1.807) is 0 Å². The number of carbonyl (C=O) groups excluding carboxylic acids is 1. The Balaban J connectivity index is 2.16. The number of pyridine rings is 1. The molecule has 1 rings (SSSR count). The lowest BCUT2D eigenvalue weighted by Gasteiger charge is -2.07. The first-order valence-electron chi connectivity index (χ1n) is 6.14. The van der Waals surface area contributed by atoms with Crippen LogP contribution in [-0.4, -0.2) is 25.7 Å². The topological polar surface area (TPSA) is 65.3 Å². The molecule has 5 nitrogen and oxygen atoms in total.